The monoisotopic (exact) mass is 183 g/mol. The molecule has 2 fully saturated rings. The summed E-state index contributed by atoms with van der Waals surface area (Å²) >= 11 is 0. The summed E-state index contributed by atoms with van der Waals surface area (Å²) in [6.45, 7) is 0.939. The summed E-state index contributed by atoms with van der Waals surface area (Å²) in [6.07, 6.45) is 6.97. The molecule has 3 N–H and O–H groups in total. The van der Waals surface area contributed by atoms with Crippen LogP contribution >= 0.6 is 0 Å². The Morgan fingerprint density at radius 2 is 2.15 bits per heavy atom. The Hall–Kier alpha value is -0.0800. The van der Waals surface area contributed by atoms with Gasteiger partial charge in [0.25, 0.3) is 0 Å². The van der Waals surface area contributed by atoms with Crippen molar-refractivity contribution in [1.29, 1.82) is 0 Å². The van der Waals surface area contributed by atoms with E-state index in [1.807, 2.05) is 0 Å². The molecule has 13 heavy (non-hydrogen) atoms. The molecule has 2 aliphatic carbocycles. The van der Waals surface area contributed by atoms with E-state index < -0.39 is 0 Å². The Morgan fingerprint density at radius 1 is 1.31 bits per heavy atom. The molecular weight excluding hydrogens is 162 g/mol. The van der Waals surface area contributed by atoms with Crippen molar-refractivity contribution >= 4 is 0 Å². The van der Waals surface area contributed by atoms with Gasteiger partial charge in [-0.05, 0) is 55.9 Å². The van der Waals surface area contributed by atoms with Crippen LogP contribution < -0.4 is 5.73 Å². The molecule has 0 aliphatic heterocycles. The molecule has 0 radical (unpaired) electrons. The van der Waals surface area contributed by atoms with E-state index in [9.17, 15) is 0 Å². The summed E-state index contributed by atoms with van der Waals surface area (Å²) in [5.41, 5.74) is 5.60. The van der Waals surface area contributed by atoms with Gasteiger partial charge in [0.15, 0.2) is 0 Å². The minimum atomic E-state index is 0.282. The smallest absolute Gasteiger partial charge is 0.0471 e. The van der Waals surface area contributed by atoms with Gasteiger partial charge in [0.2, 0.25) is 0 Å². The lowest BCUT2D eigenvalue weighted by Gasteiger charge is -2.24. The normalized spacial score (nSPS) is 39.7. The molecule has 2 rings (SSSR count). The zero-order valence-corrected chi connectivity index (χ0v) is 8.28. The molecule has 0 amide bonds. The third kappa shape index (κ3) is 1.89. The lowest BCUT2D eigenvalue weighted by Crippen LogP contribution is -2.23. The van der Waals surface area contributed by atoms with Gasteiger partial charge in [-0.1, -0.05) is 6.42 Å². The molecule has 2 heteroatoms. The average Bonchev–Trinajstić information content (AvgIpc) is 2.75. The van der Waals surface area contributed by atoms with Crippen molar-refractivity contribution in [2.75, 3.05) is 13.2 Å². The molecule has 2 bridgehead atoms. The molecule has 76 valence electrons. The van der Waals surface area contributed by atoms with Crippen LogP contribution in [0.5, 0.6) is 0 Å². The highest BCUT2D eigenvalue weighted by atomic mass is 16.3. The zero-order chi connectivity index (χ0) is 9.26. The van der Waals surface area contributed by atoms with Crippen molar-refractivity contribution in [3.8, 4) is 0 Å². The van der Waals surface area contributed by atoms with Gasteiger partial charge in [0, 0.05) is 6.61 Å². The SMILES string of the molecule is NCC(CO)CC1CC2CCC1C2. The highest BCUT2D eigenvalue weighted by Gasteiger charge is 2.39. The van der Waals surface area contributed by atoms with Crippen molar-refractivity contribution < 1.29 is 5.11 Å². The minimum Gasteiger partial charge on any atom is -0.396 e. The third-order valence-electron chi connectivity index (χ3n) is 4.11. The fourth-order valence-corrected chi connectivity index (χ4v) is 3.34. The fourth-order valence-electron chi connectivity index (χ4n) is 3.34. The number of hydrogen-bond donors (Lipinski definition) is 2. The van der Waals surface area contributed by atoms with Crippen LogP contribution in [-0.4, -0.2) is 18.3 Å². The molecule has 0 spiro atoms. The van der Waals surface area contributed by atoms with Crippen molar-refractivity contribution in [3.63, 3.8) is 0 Å². The second-order valence-corrected chi connectivity index (χ2v) is 4.95. The molecule has 4 atom stereocenters. The third-order valence-corrected chi connectivity index (χ3v) is 4.11. The van der Waals surface area contributed by atoms with E-state index in [1.54, 1.807) is 0 Å². The topological polar surface area (TPSA) is 46.2 Å². The van der Waals surface area contributed by atoms with Crippen molar-refractivity contribution in [2.24, 2.45) is 29.4 Å². The zero-order valence-electron chi connectivity index (χ0n) is 8.28. The van der Waals surface area contributed by atoms with Gasteiger partial charge < -0.3 is 10.8 Å². The van der Waals surface area contributed by atoms with Crippen molar-refractivity contribution in [3.05, 3.63) is 0 Å². The van der Waals surface area contributed by atoms with Gasteiger partial charge in [-0.2, -0.15) is 0 Å². The first kappa shape index (κ1) is 9.47. The van der Waals surface area contributed by atoms with E-state index in [0.717, 1.165) is 17.8 Å². The molecular formula is C11H21NO. The first-order valence-electron chi connectivity index (χ1n) is 5.64. The molecule has 2 nitrogen and oxygen atoms in total. The highest BCUT2D eigenvalue weighted by molar-refractivity contribution is 4.90. The first-order chi connectivity index (χ1) is 6.33. The maximum Gasteiger partial charge on any atom is 0.0471 e. The number of hydrogen-bond acceptors (Lipinski definition) is 2. The summed E-state index contributed by atoms with van der Waals surface area (Å²) in [5.74, 6) is 3.25. The van der Waals surface area contributed by atoms with E-state index in [1.165, 1.54) is 32.1 Å². The van der Waals surface area contributed by atoms with Crippen molar-refractivity contribution in [1.82, 2.24) is 0 Å². The van der Waals surface area contributed by atoms with Crippen LogP contribution in [0.2, 0.25) is 0 Å². The second-order valence-electron chi connectivity index (χ2n) is 4.95. The average molecular weight is 183 g/mol. The number of fused-ring (bicyclic) bond motifs is 2. The second kappa shape index (κ2) is 3.97. The van der Waals surface area contributed by atoms with Gasteiger partial charge in [-0.15, -0.1) is 0 Å². The first-order valence-corrected chi connectivity index (χ1v) is 5.64. The van der Waals surface area contributed by atoms with Crippen LogP contribution in [0.3, 0.4) is 0 Å². The largest absolute Gasteiger partial charge is 0.396 e. The Morgan fingerprint density at radius 3 is 2.62 bits per heavy atom. The fraction of sp³-hybridized carbons (Fsp3) is 1.00. The van der Waals surface area contributed by atoms with E-state index in [0.29, 0.717) is 12.5 Å². The predicted molar refractivity (Wildman–Crippen MR) is 53.2 cm³/mol. The van der Waals surface area contributed by atoms with E-state index in [4.69, 9.17) is 10.8 Å². The van der Waals surface area contributed by atoms with Gasteiger partial charge in [-0.25, -0.2) is 0 Å². The van der Waals surface area contributed by atoms with Crippen LogP contribution in [0.4, 0.5) is 0 Å². The Labute approximate surface area is 80.5 Å². The standard InChI is InChI=1S/C11H21NO/c12-6-9(7-13)5-11-4-8-1-2-10(11)3-8/h8-11,13H,1-7,12H2. The van der Waals surface area contributed by atoms with Gasteiger partial charge >= 0.3 is 0 Å². The van der Waals surface area contributed by atoms with Crippen LogP contribution in [0.15, 0.2) is 0 Å². The maximum absolute atomic E-state index is 9.08. The molecule has 2 aliphatic rings. The predicted octanol–water partition coefficient (Wildman–Crippen LogP) is 1.38. The summed E-state index contributed by atoms with van der Waals surface area (Å²) < 4.78 is 0. The molecule has 0 heterocycles. The minimum absolute atomic E-state index is 0.282. The molecule has 0 saturated heterocycles. The number of rotatable bonds is 4. The lowest BCUT2D eigenvalue weighted by molar-refractivity contribution is 0.183. The van der Waals surface area contributed by atoms with E-state index >= 15 is 0 Å². The van der Waals surface area contributed by atoms with E-state index in [2.05, 4.69) is 0 Å². The van der Waals surface area contributed by atoms with Crippen LogP contribution in [0, 0.1) is 23.7 Å². The number of aliphatic hydroxyl groups is 1. The van der Waals surface area contributed by atoms with Crippen molar-refractivity contribution in [2.45, 2.75) is 32.1 Å². The molecule has 0 aromatic heterocycles. The number of nitrogens with two attached hydrogens (primary N) is 1. The van der Waals surface area contributed by atoms with E-state index in [-0.39, 0.29) is 6.61 Å². The Balaban J connectivity index is 1.82. The van der Waals surface area contributed by atoms with Gasteiger partial charge in [-0.3, -0.25) is 0 Å². The molecule has 0 aromatic rings. The Kier molecular flexibility index (Phi) is 2.89. The maximum atomic E-state index is 9.08. The highest BCUT2D eigenvalue weighted by Crippen LogP contribution is 2.50. The Bertz CT molecular complexity index is 167. The summed E-state index contributed by atoms with van der Waals surface area (Å²) in [7, 11) is 0. The summed E-state index contributed by atoms with van der Waals surface area (Å²) in [4.78, 5) is 0. The van der Waals surface area contributed by atoms with Crippen LogP contribution in [0.25, 0.3) is 0 Å². The van der Waals surface area contributed by atoms with Crippen LogP contribution in [0.1, 0.15) is 32.1 Å². The number of aliphatic hydroxyl groups excluding tert-OH is 1. The molecule has 0 aromatic carbocycles. The van der Waals surface area contributed by atoms with Gasteiger partial charge in [0.05, 0.1) is 0 Å². The van der Waals surface area contributed by atoms with Crippen LogP contribution in [-0.2, 0) is 0 Å². The van der Waals surface area contributed by atoms with Gasteiger partial charge in [0.1, 0.15) is 0 Å². The summed E-state index contributed by atoms with van der Waals surface area (Å²) in [5, 5.41) is 9.08. The summed E-state index contributed by atoms with van der Waals surface area (Å²) in [6, 6.07) is 0. The molecule has 4 unspecified atom stereocenters. The quantitative estimate of drug-likeness (QED) is 0.691. The lowest BCUT2D eigenvalue weighted by atomic mass is 9.82. The molecule has 2 saturated carbocycles.